The van der Waals surface area contributed by atoms with Crippen LogP contribution in [0.4, 0.5) is 0 Å². The summed E-state index contributed by atoms with van der Waals surface area (Å²) < 4.78 is 1.16. The molecule has 19 heavy (non-hydrogen) atoms. The van der Waals surface area contributed by atoms with Crippen molar-refractivity contribution in [2.75, 3.05) is 0 Å². The van der Waals surface area contributed by atoms with Crippen molar-refractivity contribution in [2.24, 2.45) is 0 Å². The van der Waals surface area contributed by atoms with Crippen molar-refractivity contribution in [2.45, 2.75) is 11.5 Å². The Morgan fingerprint density at radius 2 is 1.21 bits per heavy atom. The molecule has 0 saturated carbocycles. The van der Waals surface area contributed by atoms with Gasteiger partial charge in [-0.1, -0.05) is 67.2 Å². The molecule has 0 amide bonds. The van der Waals surface area contributed by atoms with Gasteiger partial charge in [-0.25, -0.2) is 0 Å². The van der Waals surface area contributed by atoms with Crippen molar-refractivity contribution in [1.29, 1.82) is 0 Å². The molecule has 0 saturated heterocycles. The molecule has 0 unspecified atom stereocenters. The minimum atomic E-state index is 0.973. The maximum absolute atomic E-state index is 3.78. The zero-order chi connectivity index (χ0) is 13.3. The van der Waals surface area contributed by atoms with Gasteiger partial charge in [0.15, 0.2) is 0 Å². The highest BCUT2D eigenvalue weighted by atomic mass is 32.2. The van der Waals surface area contributed by atoms with Crippen LogP contribution in [0.3, 0.4) is 0 Å². The predicted octanol–water partition coefficient (Wildman–Crippen LogP) is 5.48. The monoisotopic (exact) mass is 284 g/mol. The highest BCUT2D eigenvalue weighted by Gasteiger charge is 2.01. The van der Waals surface area contributed by atoms with Crippen LogP contribution in [-0.2, 0) is 11.5 Å². The largest absolute Gasteiger partial charge is 0.107 e. The molecule has 2 aromatic rings. The van der Waals surface area contributed by atoms with Crippen LogP contribution in [0.1, 0.15) is 11.1 Å². The lowest BCUT2D eigenvalue weighted by Gasteiger charge is -2.05. The lowest BCUT2D eigenvalue weighted by molar-refractivity contribution is 1.42. The number of rotatable bonds is 6. The molecule has 0 aliphatic heterocycles. The van der Waals surface area contributed by atoms with Gasteiger partial charge in [-0.3, -0.25) is 0 Å². The van der Waals surface area contributed by atoms with Crippen molar-refractivity contribution < 1.29 is 0 Å². The summed E-state index contributed by atoms with van der Waals surface area (Å²) in [4.78, 5) is 0. The molecule has 0 nitrogen and oxygen atoms in total. The summed E-state index contributed by atoms with van der Waals surface area (Å²) in [5.41, 5.74) is 5.70. The third-order valence-electron chi connectivity index (χ3n) is 2.57. The summed E-state index contributed by atoms with van der Waals surface area (Å²) in [5.74, 6) is 1.95. The van der Waals surface area contributed by atoms with Gasteiger partial charge in [0.25, 0.3) is 0 Å². The summed E-state index contributed by atoms with van der Waals surface area (Å²) in [6.45, 7) is 3.78. The van der Waals surface area contributed by atoms with E-state index in [2.05, 4.69) is 60.8 Å². The summed E-state index contributed by atoms with van der Waals surface area (Å²) in [6, 6.07) is 21.0. The van der Waals surface area contributed by atoms with Crippen LogP contribution < -0.4 is 0 Å². The minimum absolute atomic E-state index is 0.973. The van der Waals surface area contributed by atoms with Crippen molar-refractivity contribution in [1.82, 2.24) is 0 Å². The number of benzene rings is 2. The number of thioether (sulfide) groups is 2. The van der Waals surface area contributed by atoms with Crippen molar-refractivity contribution >= 4 is 23.5 Å². The minimum Gasteiger partial charge on any atom is -0.107 e. The fourth-order valence-electron chi connectivity index (χ4n) is 1.59. The van der Waals surface area contributed by atoms with Gasteiger partial charge >= 0.3 is 0 Å². The Balaban J connectivity index is 1.83. The highest BCUT2D eigenvalue weighted by molar-refractivity contribution is 8.21. The Morgan fingerprint density at radius 3 is 1.58 bits per heavy atom. The standard InChI is InChI=1S/C17H16S2/c1-2-17(18-13-15-9-5-3-6-10-15)19-14-16-11-7-4-8-12-16/h3-12H,1,13-14H2. The van der Waals surface area contributed by atoms with Crippen LogP contribution in [0.2, 0.25) is 0 Å². The van der Waals surface area contributed by atoms with E-state index < -0.39 is 0 Å². The van der Waals surface area contributed by atoms with E-state index in [-0.39, 0.29) is 0 Å². The summed E-state index contributed by atoms with van der Waals surface area (Å²) in [5, 5.41) is 0. The first-order valence-corrected chi connectivity index (χ1v) is 8.09. The predicted molar refractivity (Wildman–Crippen MR) is 88.1 cm³/mol. The third-order valence-corrected chi connectivity index (χ3v) is 5.05. The van der Waals surface area contributed by atoms with E-state index in [0.29, 0.717) is 0 Å². The van der Waals surface area contributed by atoms with Gasteiger partial charge in [0, 0.05) is 11.5 Å². The van der Waals surface area contributed by atoms with Crippen LogP contribution in [0.15, 0.2) is 77.2 Å². The molecule has 0 fully saturated rings. The van der Waals surface area contributed by atoms with Gasteiger partial charge in [-0.15, -0.1) is 29.3 Å². The van der Waals surface area contributed by atoms with E-state index >= 15 is 0 Å². The first-order chi connectivity index (χ1) is 9.38. The second kappa shape index (κ2) is 7.96. The summed E-state index contributed by atoms with van der Waals surface area (Å²) >= 11 is 3.60. The molecule has 0 N–H and O–H groups in total. The van der Waals surface area contributed by atoms with E-state index in [0.717, 1.165) is 15.7 Å². The molecule has 0 aromatic heterocycles. The second-order valence-corrected chi connectivity index (χ2v) is 6.24. The SMILES string of the molecule is C=C=C(SCc1ccccc1)SCc1ccccc1. The van der Waals surface area contributed by atoms with Gasteiger partial charge in [-0.2, -0.15) is 0 Å². The van der Waals surface area contributed by atoms with Crippen molar-refractivity contribution in [3.63, 3.8) is 0 Å². The topological polar surface area (TPSA) is 0 Å². The second-order valence-electron chi connectivity index (χ2n) is 4.01. The maximum Gasteiger partial charge on any atom is 0.0826 e. The molecule has 0 aliphatic carbocycles. The molecule has 0 radical (unpaired) electrons. The van der Waals surface area contributed by atoms with Gasteiger partial charge in [0.1, 0.15) is 0 Å². The van der Waals surface area contributed by atoms with Crippen molar-refractivity contribution in [3.8, 4) is 0 Å². The van der Waals surface area contributed by atoms with Crippen LogP contribution in [0, 0.1) is 0 Å². The molecule has 0 heterocycles. The average Bonchev–Trinajstić information content (AvgIpc) is 2.49. The summed E-state index contributed by atoms with van der Waals surface area (Å²) in [7, 11) is 0. The first-order valence-electron chi connectivity index (χ1n) is 6.12. The van der Waals surface area contributed by atoms with Gasteiger partial charge in [0.2, 0.25) is 0 Å². The van der Waals surface area contributed by atoms with Crippen LogP contribution in [-0.4, -0.2) is 0 Å². The molecule has 0 bridgehead atoms. The Labute approximate surface area is 123 Å². The molecule has 2 heteroatoms. The lowest BCUT2D eigenvalue weighted by atomic mass is 10.2. The summed E-state index contributed by atoms with van der Waals surface area (Å²) in [6.07, 6.45) is 0. The highest BCUT2D eigenvalue weighted by Crippen LogP contribution is 2.32. The Hall–Kier alpha value is -1.34. The van der Waals surface area contributed by atoms with E-state index in [1.54, 1.807) is 23.5 Å². The first kappa shape index (κ1) is 14.1. The van der Waals surface area contributed by atoms with E-state index in [1.165, 1.54) is 11.1 Å². The molecular weight excluding hydrogens is 268 g/mol. The molecule has 2 aromatic carbocycles. The average molecular weight is 284 g/mol. The fourth-order valence-corrected chi connectivity index (χ4v) is 3.46. The lowest BCUT2D eigenvalue weighted by Crippen LogP contribution is -1.81. The fraction of sp³-hybridized carbons (Fsp3) is 0.118. The quantitative estimate of drug-likeness (QED) is 0.644. The van der Waals surface area contributed by atoms with E-state index in [9.17, 15) is 0 Å². The van der Waals surface area contributed by atoms with Crippen LogP contribution in [0.25, 0.3) is 0 Å². The number of hydrogen-bond donors (Lipinski definition) is 0. The zero-order valence-electron chi connectivity index (χ0n) is 10.7. The van der Waals surface area contributed by atoms with Crippen LogP contribution >= 0.6 is 23.5 Å². The molecule has 96 valence electrons. The van der Waals surface area contributed by atoms with E-state index in [4.69, 9.17) is 0 Å². The normalized spacial score (nSPS) is 9.89. The molecule has 0 aliphatic rings. The molecule has 0 spiro atoms. The molecular formula is C17H16S2. The zero-order valence-corrected chi connectivity index (χ0v) is 12.3. The van der Waals surface area contributed by atoms with Crippen molar-refractivity contribution in [3.05, 3.63) is 88.3 Å². The van der Waals surface area contributed by atoms with E-state index in [1.807, 2.05) is 12.1 Å². The Morgan fingerprint density at radius 1 is 0.789 bits per heavy atom. The van der Waals surface area contributed by atoms with Crippen LogP contribution in [0.5, 0.6) is 0 Å². The van der Waals surface area contributed by atoms with Gasteiger partial charge in [-0.05, 0) is 11.1 Å². The molecule has 2 rings (SSSR count). The maximum atomic E-state index is 3.78. The number of hydrogen-bond acceptors (Lipinski definition) is 2. The third kappa shape index (κ3) is 5.04. The van der Waals surface area contributed by atoms with Gasteiger partial charge in [0.05, 0.1) is 4.24 Å². The smallest absolute Gasteiger partial charge is 0.0826 e. The molecule has 0 atom stereocenters. The Kier molecular flexibility index (Phi) is 5.90. The van der Waals surface area contributed by atoms with Gasteiger partial charge < -0.3 is 0 Å². The Bertz CT molecular complexity index is 494.